The van der Waals surface area contributed by atoms with E-state index in [-0.39, 0.29) is 5.41 Å². The molecule has 0 spiro atoms. The number of sulfonamides is 1. The van der Waals surface area contributed by atoms with E-state index in [1.54, 1.807) is 19.2 Å². The first-order valence-corrected chi connectivity index (χ1v) is 9.72. The van der Waals surface area contributed by atoms with Crippen LogP contribution in [0.4, 0.5) is 0 Å². The van der Waals surface area contributed by atoms with E-state index in [1.807, 2.05) is 30.3 Å². The average Bonchev–Trinajstić information content (AvgIpc) is 2.61. The molecule has 1 saturated heterocycles. The van der Waals surface area contributed by atoms with Gasteiger partial charge in [0.25, 0.3) is 0 Å². The van der Waals surface area contributed by atoms with Crippen molar-refractivity contribution in [3.05, 3.63) is 42.5 Å². The Morgan fingerprint density at radius 1 is 1.12 bits per heavy atom. The summed E-state index contributed by atoms with van der Waals surface area (Å²) < 4.78 is 33.9. The van der Waals surface area contributed by atoms with Crippen LogP contribution in [0.5, 0.6) is 0 Å². The van der Waals surface area contributed by atoms with Crippen molar-refractivity contribution < 1.29 is 13.2 Å². The predicted molar refractivity (Wildman–Crippen MR) is 95.5 cm³/mol. The average molecular weight is 348 g/mol. The lowest BCUT2D eigenvalue weighted by atomic mass is 9.80. The van der Waals surface area contributed by atoms with Gasteiger partial charge in [-0.1, -0.05) is 36.4 Å². The third kappa shape index (κ3) is 3.62. The second kappa shape index (κ2) is 7.19. The number of hydrogen-bond acceptors (Lipinski definition) is 4. The van der Waals surface area contributed by atoms with Gasteiger partial charge in [-0.2, -0.15) is 0 Å². The van der Waals surface area contributed by atoms with Gasteiger partial charge in [0, 0.05) is 24.5 Å². The molecule has 2 aromatic rings. The second-order valence-corrected chi connectivity index (χ2v) is 8.22. The molecule has 1 aliphatic rings. The molecule has 5 nitrogen and oxygen atoms in total. The lowest BCUT2D eigenvalue weighted by Crippen LogP contribution is -2.47. The van der Waals surface area contributed by atoms with Crippen LogP contribution >= 0.6 is 0 Å². The largest absolute Gasteiger partial charge is 0.384 e. The van der Waals surface area contributed by atoms with Crippen molar-refractivity contribution >= 4 is 20.8 Å². The van der Waals surface area contributed by atoms with Crippen molar-refractivity contribution in [2.45, 2.75) is 17.7 Å². The number of hydrogen-bond donors (Lipinski definition) is 2. The molecule has 1 aliphatic heterocycles. The van der Waals surface area contributed by atoms with Gasteiger partial charge in [-0.3, -0.25) is 0 Å². The maximum Gasteiger partial charge on any atom is 0.241 e. The summed E-state index contributed by atoms with van der Waals surface area (Å²) in [6, 6.07) is 12.9. The maximum absolute atomic E-state index is 12.9. The molecule has 1 fully saturated rings. The molecule has 0 radical (unpaired) electrons. The molecular weight excluding hydrogens is 324 g/mol. The van der Waals surface area contributed by atoms with E-state index in [0.29, 0.717) is 18.0 Å². The summed E-state index contributed by atoms with van der Waals surface area (Å²) >= 11 is 0. The van der Waals surface area contributed by atoms with Gasteiger partial charge in [-0.05, 0) is 37.4 Å². The molecule has 6 heteroatoms. The minimum Gasteiger partial charge on any atom is -0.384 e. The van der Waals surface area contributed by atoms with E-state index in [9.17, 15) is 8.42 Å². The van der Waals surface area contributed by atoms with Crippen LogP contribution in [-0.2, 0) is 14.8 Å². The highest BCUT2D eigenvalue weighted by Gasteiger charge is 2.33. The second-order valence-electron chi connectivity index (χ2n) is 6.48. The van der Waals surface area contributed by atoms with Crippen LogP contribution in [0.25, 0.3) is 10.8 Å². The molecule has 24 heavy (non-hydrogen) atoms. The van der Waals surface area contributed by atoms with Crippen molar-refractivity contribution in [3.8, 4) is 0 Å². The monoisotopic (exact) mass is 348 g/mol. The summed E-state index contributed by atoms with van der Waals surface area (Å²) in [5.41, 5.74) is -0.141. The maximum atomic E-state index is 12.9. The Morgan fingerprint density at radius 2 is 1.83 bits per heavy atom. The van der Waals surface area contributed by atoms with Gasteiger partial charge in [-0.25, -0.2) is 13.1 Å². The van der Waals surface area contributed by atoms with Crippen molar-refractivity contribution in [1.29, 1.82) is 0 Å². The SMILES string of the molecule is COCC1(CNS(=O)(=O)c2cccc3ccccc23)CCNCC1. The predicted octanol–water partition coefficient (Wildman–Crippen LogP) is 2.13. The molecule has 130 valence electrons. The Bertz CT molecular complexity index is 788. The van der Waals surface area contributed by atoms with Crippen LogP contribution in [0.15, 0.2) is 47.4 Å². The van der Waals surface area contributed by atoms with Gasteiger partial charge in [0.15, 0.2) is 0 Å². The number of ether oxygens (including phenoxy) is 1. The molecular formula is C18H24N2O3S. The van der Waals surface area contributed by atoms with Crippen molar-refractivity contribution in [1.82, 2.24) is 10.0 Å². The summed E-state index contributed by atoms with van der Waals surface area (Å²) in [5, 5.41) is 4.99. The van der Waals surface area contributed by atoms with E-state index in [0.717, 1.165) is 36.7 Å². The van der Waals surface area contributed by atoms with E-state index in [1.165, 1.54) is 0 Å². The molecule has 2 aromatic carbocycles. The highest BCUT2D eigenvalue weighted by molar-refractivity contribution is 7.89. The quantitative estimate of drug-likeness (QED) is 0.839. The topological polar surface area (TPSA) is 67.4 Å². The summed E-state index contributed by atoms with van der Waals surface area (Å²) in [6.07, 6.45) is 1.80. The summed E-state index contributed by atoms with van der Waals surface area (Å²) in [4.78, 5) is 0.335. The molecule has 0 amide bonds. The molecule has 0 atom stereocenters. The van der Waals surface area contributed by atoms with Gasteiger partial charge in [0.05, 0.1) is 11.5 Å². The molecule has 3 rings (SSSR count). The van der Waals surface area contributed by atoms with Gasteiger partial charge < -0.3 is 10.1 Å². The lowest BCUT2D eigenvalue weighted by Gasteiger charge is -2.37. The van der Waals surface area contributed by atoms with Gasteiger partial charge in [-0.15, -0.1) is 0 Å². The molecule has 0 unspecified atom stereocenters. The molecule has 0 bridgehead atoms. The van der Waals surface area contributed by atoms with E-state index < -0.39 is 10.0 Å². The zero-order valence-corrected chi connectivity index (χ0v) is 14.7. The van der Waals surface area contributed by atoms with Crippen LogP contribution in [0.3, 0.4) is 0 Å². The van der Waals surface area contributed by atoms with Crippen molar-refractivity contribution in [2.75, 3.05) is 33.4 Å². The normalized spacial score (nSPS) is 17.9. The van der Waals surface area contributed by atoms with E-state index in [2.05, 4.69) is 10.0 Å². The Morgan fingerprint density at radius 3 is 2.58 bits per heavy atom. The Labute approximate surface area is 143 Å². The summed E-state index contributed by atoms with van der Waals surface area (Å²) in [7, 11) is -1.90. The van der Waals surface area contributed by atoms with Crippen LogP contribution < -0.4 is 10.0 Å². The fourth-order valence-electron chi connectivity index (χ4n) is 3.39. The van der Waals surface area contributed by atoms with Crippen LogP contribution in [-0.4, -0.2) is 41.8 Å². The molecule has 0 saturated carbocycles. The molecule has 2 N–H and O–H groups in total. The third-order valence-corrected chi connectivity index (χ3v) is 6.25. The highest BCUT2D eigenvalue weighted by atomic mass is 32.2. The number of fused-ring (bicyclic) bond motifs is 1. The fourth-order valence-corrected chi connectivity index (χ4v) is 4.78. The van der Waals surface area contributed by atoms with Crippen LogP contribution in [0, 0.1) is 5.41 Å². The fraction of sp³-hybridized carbons (Fsp3) is 0.444. The zero-order valence-electron chi connectivity index (χ0n) is 13.9. The number of methoxy groups -OCH3 is 1. The van der Waals surface area contributed by atoms with Gasteiger partial charge >= 0.3 is 0 Å². The number of rotatable bonds is 6. The standard InChI is InChI=1S/C18H24N2O3S/c1-23-14-18(9-11-19-12-10-18)13-20-24(21,22)17-8-4-6-15-5-2-3-7-16(15)17/h2-8,19-20H,9-14H2,1H3. The molecule has 0 aliphatic carbocycles. The highest BCUT2D eigenvalue weighted by Crippen LogP contribution is 2.29. The summed E-state index contributed by atoms with van der Waals surface area (Å²) in [6.45, 7) is 2.74. The van der Waals surface area contributed by atoms with Gasteiger partial charge in [0.2, 0.25) is 10.0 Å². The zero-order chi connectivity index (χ0) is 17.0. The van der Waals surface area contributed by atoms with Crippen LogP contribution in [0.1, 0.15) is 12.8 Å². The number of benzene rings is 2. The van der Waals surface area contributed by atoms with Crippen LogP contribution in [0.2, 0.25) is 0 Å². The molecule has 1 heterocycles. The smallest absolute Gasteiger partial charge is 0.241 e. The first-order valence-electron chi connectivity index (χ1n) is 8.23. The lowest BCUT2D eigenvalue weighted by molar-refractivity contribution is 0.0577. The number of piperidine rings is 1. The first kappa shape index (κ1) is 17.4. The third-order valence-electron chi connectivity index (χ3n) is 4.79. The summed E-state index contributed by atoms with van der Waals surface area (Å²) in [5.74, 6) is 0. The minimum absolute atomic E-state index is 0.141. The van der Waals surface area contributed by atoms with Crippen molar-refractivity contribution in [2.24, 2.45) is 5.41 Å². The molecule has 0 aromatic heterocycles. The van der Waals surface area contributed by atoms with Crippen molar-refractivity contribution in [3.63, 3.8) is 0 Å². The van der Waals surface area contributed by atoms with Gasteiger partial charge in [0.1, 0.15) is 0 Å². The van der Waals surface area contributed by atoms with E-state index in [4.69, 9.17) is 4.74 Å². The first-order chi connectivity index (χ1) is 11.6. The Balaban J connectivity index is 1.85. The van der Waals surface area contributed by atoms with E-state index >= 15 is 0 Å². The number of nitrogens with one attached hydrogen (secondary N) is 2. The Hall–Kier alpha value is -1.47. The Kier molecular flexibility index (Phi) is 5.20. The minimum atomic E-state index is -3.57.